The van der Waals surface area contributed by atoms with Crippen molar-refractivity contribution in [3.05, 3.63) is 11.7 Å². The van der Waals surface area contributed by atoms with E-state index in [0.717, 1.165) is 50.6 Å². The lowest BCUT2D eigenvalue weighted by Gasteiger charge is -2.30. The van der Waals surface area contributed by atoms with Crippen molar-refractivity contribution in [2.75, 3.05) is 13.2 Å². The van der Waals surface area contributed by atoms with Crippen LogP contribution in [0.15, 0.2) is 4.52 Å². The van der Waals surface area contributed by atoms with Crippen LogP contribution < -0.4 is 5.32 Å². The highest BCUT2D eigenvalue weighted by molar-refractivity contribution is 5.01. The normalized spacial score (nSPS) is 31.4. The third kappa shape index (κ3) is 3.20. The third-order valence-corrected chi connectivity index (χ3v) is 4.53. The van der Waals surface area contributed by atoms with Gasteiger partial charge in [0, 0.05) is 19.1 Å². The number of nitrogens with one attached hydrogen (secondary N) is 1. The topological polar surface area (TPSA) is 60.2 Å². The fourth-order valence-corrected chi connectivity index (χ4v) is 3.15. The monoisotopic (exact) mass is 279 g/mol. The van der Waals surface area contributed by atoms with E-state index in [0.29, 0.717) is 6.04 Å². The number of aromatic nitrogens is 2. The van der Waals surface area contributed by atoms with Gasteiger partial charge in [0.15, 0.2) is 0 Å². The van der Waals surface area contributed by atoms with Gasteiger partial charge in [-0.25, -0.2) is 0 Å². The highest BCUT2D eigenvalue weighted by atomic mass is 16.5. The molecule has 2 aliphatic heterocycles. The number of hydrogen-bond acceptors (Lipinski definition) is 5. The van der Waals surface area contributed by atoms with Crippen molar-refractivity contribution in [1.29, 1.82) is 0 Å². The van der Waals surface area contributed by atoms with Crippen molar-refractivity contribution in [2.24, 2.45) is 0 Å². The Morgan fingerprint density at radius 1 is 1.30 bits per heavy atom. The van der Waals surface area contributed by atoms with Gasteiger partial charge in [-0.2, -0.15) is 4.98 Å². The van der Waals surface area contributed by atoms with Crippen molar-refractivity contribution in [3.8, 4) is 0 Å². The zero-order valence-electron chi connectivity index (χ0n) is 12.4. The summed E-state index contributed by atoms with van der Waals surface area (Å²) in [7, 11) is 0. The summed E-state index contributed by atoms with van der Waals surface area (Å²) in [5, 5.41) is 7.70. The Balaban J connectivity index is 1.56. The molecule has 0 amide bonds. The zero-order chi connectivity index (χ0) is 13.8. The smallest absolute Gasteiger partial charge is 0.226 e. The van der Waals surface area contributed by atoms with Crippen molar-refractivity contribution >= 4 is 0 Å². The van der Waals surface area contributed by atoms with Crippen LogP contribution in [0.4, 0.5) is 0 Å². The average Bonchev–Trinajstić information content (AvgIpc) is 2.97. The molecule has 0 radical (unpaired) electrons. The molecule has 2 unspecified atom stereocenters. The first-order valence-electron chi connectivity index (χ1n) is 7.97. The molecule has 20 heavy (non-hydrogen) atoms. The Kier molecular flexibility index (Phi) is 4.36. The van der Waals surface area contributed by atoms with Crippen LogP contribution in [0.1, 0.15) is 63.6 Å². The summed E-state index contributed by atoms with van der Waals surface area (Å²) in [5.74, 6) is 1.48. The minimum Gasteiger partial charge on any atom is -0.367 e. The van der Waals surface area contributed by atoms with Gasteiger partial charge >= 0.3 is 0 Å². The van der Waals surface area contributed by atoms with Gasteiger partial charge in [-0.3, -0.25) is 0 Å². The lowest BCUT2D eigenvalue weighted by Crippen LogP contribution is -2.34. The molecule has 0 saturated carbocycles. The molecular weight excluding hydrogens is 254 g/mol. The summed E-state index contributed by atoms with van der Waals surface area (Å²) in [6, 6.07) is 0.612. The molecule has 2 aliphatic rings. The summed E-state index contributed by atoms with van der Waals surface area (Å²) in [5.41, 5.74) is -0.344. The van der Waals surface area contributed by atoms with Crippen molar-refractivity contribution < 1.29 is 9.26 Å². The predicted molar refractivity (Wildman–Crippen MR) is 75.4 cm³/mol. The van der Waals surface area contributed by atoms with Gasteiger partial charge in [0.05, 0.1) is 0 Å². The number of nitrogens with zero attached hydrogens (tertiary/aromatic N) is 2. The van der Waals surface area contributed by atoms with E-state index in [1.165, 1.54) is 25.7 Å². The Bertz CT molecular complexity index is 421. The van der Waals surface area contributed by atoms with Gasteiger partial charge in [0.2, 0.25) is 11.7 Å². The van der Waals surface area contributed by atoms with E-state index in [4.69, 9.17) is 9.26 Å². The first-order valence-corrected chi connectivity index (χ1v) is 7.97. The fourth-order valence-electron chi connectivity index (χ4n) is 3.15. The Labute approximate surface area is 120 Å². The number of aryl methyl sites for hydroxylation is 1. The molecule has 2 fully saturated rings. The summed E-state index contributed by atoms with van der Waals surface area (Å²) in [6.07, 6.45) is 9.13. The second kappa shape index (κ2) is 6.22. The fraction of sp³-hybridized carbons (Fsp3) is 0.867. The molecule has 1 N–H and O–H groups in total. The number of piperidine rings is 1. The van der Waals surface area contributed by atoms with E-state index >= 15 is 0 Å². The Hall–Kier alpha value is -0.940. The zero-order valence-corrected chi connectivity index (χ0v) is 12.4. The lowest BCUT2D eigenvalue weighted by atomic mass is 9.95. The number of hydrogen-bond donors (Lipinski definition) is 1. The van der Waals surface area contributed by atoms with Crippen molar-refractivity contribution in [1.82, 2.24) is 15.5 Å². The number of ether oxygens (including phenoxy) is 1. The second-order valence-corrected chi connectivity index (χ2v) is 6.23. The standard InChI is InChI=1S/C15H25N3O2/c1-15(9-3-5-11-19-15)14-17-13(20-18-14)8-7-12-6-2-4-10-16-12/h12,16H,2-11H2,1H3. The molecule has 0 bridgehead atoms. The molecule has 112 valence electrons. The van der Waals surface area contributed by atoms with E-state index in [9.17, 15) is 0 Å². The van der Waals surface area contributed by atoms with Crippen LogP contribution in [0.2, 0.25) is 0 Å². The third-order valence-electron chi connectivity index (χ3n) is 4.53. The van der Waals surface area contributed by atoms with Crippen LogP contribution >= 0.6 is 0 Å². The van der Waals surface area contributed by atoms with E-state index in [1.807, 2.05) is 0 Å². The minimum absolute atomic E-state index is 0.344. The molecule has 0 spiro atoms. The molecule has 3 rings (SSSR count). The average molecular weight is 279 g/mol. The second-order valence-electron chi connectivity index (χ2n) is 6.23. The van der Waals surface area contributed by atoms with Crippen LogP contribution in [-0.2, 0) is 16.8 Å². The van der Waals surface area contributed by atoms with Gasteiger partial charge in [0.25, 0.3) is 0 Å². The number of rotatable bonds is 4. The Morgan fingerprint density at radius 3 is 3.00 bits per heavy atom. The largest absolute Gasteiger partial charge is 0.367 e. The van der Waals surface area contributed by atoms with Gasteiger partial charge in [-0.15, -0.1) is 0 Å². The maximum absolute atomic E-state index is 5.86. The summed E-state index contributed by atoms with van der Waals surface area (Å²) < 4.78 is 11.3. The maximum Gasteiger partial charge on any atom is 0.226 e. The van der Waals surface area contributed by atoms with Gasteiger partial charge < -0.3 is 14.6 Å². The highest BCUT2D eigenvalue weighted by Gasteiger charge is 2.34. The van der Waals surface area contributed by atoms with E-state index in [2.05, 4.69) is 22.4 Å². The van der Waals surface area contributed by atoms with E-state index in [1.54, 1.807) is 0 Å². The van der Waals surface area contributed by atoms with Crippen LogP contribution in [0.25, 0.3) is 0 Å². The van der Waals surface area contributed by atoms with Crippen LogP contribution in [-0.4, -0.2) is 29.3 Å². The molecule has 5 nitrogen and oxygen atoms in total. The van der Waals surface area contributed by atoms with Gasteiger partial charge in [-0.1, -0.05) is 11.6 Å². The summed E-state index contributed by atoms with van der Waals surface area (Å²) in [6.45, 7) is 4.02. The lowest BCUT2D eigenvalue weighted by molar-refractivity contribution is -0.0770. The SMILES string of the molecule is CC1(c2noc(CCC3CCCCN3)n2)CCCCO1. The highest BCUT2D eigenvalue weighted by Crippen LogP contribution is 2.32. The predicted octanol–water partition coefficient (Wildman–Crippen LogP) is 2.56. The van der Waals surface area contributed by atoms with E-state index in [-0.39, 0.29) is 5.60 Å². The van der Waals surface area contributed by atoms with Crippen LogP contribution in [0.5, 0.6) is 0 Å². The molecule has 0 aliphatic carbocycles. The van der Waals surface area contributed by atoms with Crippen LogP contribution in [0.3, 0.4) is 0 Å². The van der Waals surface area contributed by atoms with Gasteiger partial charge in [-0.05, 0) is 52.0 Å². The first kappa shape index (κ1) is 14.0. The molecule has 2 saturated heterocycles. The molecule has 1 aromatic rings. The van der Waals surface area contributed by atoms with E-state index < -0.39 is 0 Å². The van der Waals surface area contributed by atoms with Gasteiger partial charge in [0.1, 0.15) is 5.60 Å². The van der Waals surface area contributed by atoms with Crippen LogP contribution in [0, 0.1) is 0 Å². The van der Waals surface area contributed by atoms with Crippen molar-refractivity contribution in [3.63, 3.8) is 0 Å². The molecule has 5 heteroatoms. The quantitative estimate of drug-likeness (QED) is 0.918. The summed E-state index contributed by atoms with van der Waals surface area (Å²) >= 11 is 0. The molecular formula is C15H25N3O2. The molecule has 3 heterocycles. The minimum atomic E-state index is -0.344. The van der Waals surface area contributed by atoms with Crippen molar-refractivity contribution in [2.45, 2.75) is 69.9 Å². The summed E-state index contributed by atoms with van der Waals surface area (Å²) in [4.78, 5) is 4.56. The first-order chi connectivity index (χ1) is 9.76. The maximum atomic E-state index is 5.86. The molecule has 0 aromatic carbocycles. The Morgan fingerprint density at radius 2 is 2.25 bits per heavy atom. The molecule has 2 atom stereocenters. The molecule has 1 aromatic heterocycles.